The van der Waals surface area contributed by atoms with E-state index >= 15 is 0 Å². The molecule has 0 heterocycles. The van der Waals surface area contributed by atoms with Crippen LogP contribution >= 0.6 is 11.6 Å². The number of hydrogen-bond acceptors (Lipinski definition) is 2. The third-order valence-electron chi connectivity index (χ3n) is 2.43. The Bertz CT molecular complexity index is 374. The molecule has 0 spiro atoms. The largest absolute Gasteiger partial charge is 0.306 e. The van der Waals surface area contributed by atoms with Gasteiger partial charge >= 0.3 is 0 Å². The lowest BCUT2D eigenvalue weighted by molar-refractivity contribution is -0.116. The SMILES string of the molecule is CC(=O)CNCc1ccc(C(C)C)cc1Cl. The molecule has 2 nitrogen and oxygen atoms in total. The molecule has 0 unspecified atom stereocenters. The number of Topliss-reactive ketones (excluding diaryl/α,β-unsaturated/α-hetero) is 1. The zero-order valence-electron chi connectivity index (χ0n) is 10.0. The minimum absolute atomic E-state index is 0.134. The molecule has 0 atom stereocenters. The van der Waals surface area contributed by atoms with E-state index in [9.17, 15) is 4.79 Å². The average Bonchev–Trinajstić information content (AvgIpc) is 2.19. The number of carbonyl (C=O) groups is 1. The first-order chi connectivity index (χ1) is 7.50. The molecular weight excluding hydrogens is 222 g/mol. The number of hydrogen-bond donors (Lipinski definition) is 1. The molecule has 0 amide bonds. The summed E-state index contributed by atoms with van der Waals surface area (Å²) in [5, 5.41) is 3.82. The maximum Gasteiger partial charge on any atom is 0.143 e. The minimum atomic E-state index is 0.134. The lowest BCUT2D eigenvalue weighted by atomic mass is 10.0. The van der Waals surface area contributed by atoms with Gasteiger partial charge in [0, 0.05) is 11.6 Å². The Morgan fingerprint density at radius 2 is 2.12 bits per heavy atom. The summed E-state index contributed by atoms with van der Waals surface area (Å²) in [4.78, 5) is 10.8. The molecular formula is C13H18ClNO. The third kappa shape index (κ3) is 3.95. The summed E-state index contributed by atoms with van der Waals surface area (Å²) in [7, 11) is 0. The van der Waals surface area contributed by atoms with Crippen molar-refractivity contribution in [1.29, 1.82) is 0 Å². The van der Waals surface area contributed by atoms with Gasteiger partial charge in [0.1, 0.15) is 5.78 Å². The lowest BCUT2D eigenvalue weighted by Crippen LogP contribution is -2.20. The summed E-state index contributed by atoms with van der Waals surface area (Å²) in [6, 6.07) is 6.10. The Morgan fingerprint density at radius 3 is 2.62 bits per heavy atom. The highest BCUT2D eigenvalue weighted by Gasteiger charge is 2.04. The summed E-state index contributed by atoms with van der Waals surface area (Å²) >= 11 is 6.16. The van der Waals surface area contributed by atoms with E-state index in [1.165, 1.54) is 5.56 Å². The quantitative estimate of drug-likeness (QED) is 0.855. The first-order valence-electron chi connectivity index (χ1n) is 5.49. The topological polar surface area (TPSA) is 29.1 Å². The molecule has 0 bridgehead atoms. The summed E-state index contributed by atoms with van der Waals surface area (Å²) in [6.45, 7) is 6.87. The number of nitrogens with one attached hydrogen (secondary N) is 1. The molecule has 1 aromatic rings. The van der Waals surface area contributed by atoms with E-state index < -0.39 is 0 Å². The van der Waals surface area contributed by atoms with Crippen LogP contribution < -0.4 is 5.32 Å². The van der Waals surface area contributed by atoms with Crippen LogP contribution in [-0.2, 0) is 11.3 Å². The van der Waals surface area contributed by atoms with Gasteiger partial charge in [-0.15, -0.1) is 0 Å². The summed E-state index contributed by atoms with van der Waals surface area (Å²) in [5.41, 5.74) is 2.27. The highest BCUT2D eigenvalue weighted by atomic mass is 35.5. The normalized spacial score (nSPS) is 10.8. The molecule has 0 aliphatic heterocycles. The Balaban J connectivity index is 2.64. The maximum absolute atomic E-state index is 10.8. The fourth-order valence-corrected chi connectivity index (χ4v) is 1.70. The number of rotatable bonds is 5. The molecule has 1 N–H and O–H groups in total. The summed E-state index contributed by atoms with van der Waals surface area (Å²) < 4.78 is 0. The van der Waals surface area contributed by atoms with Crippen LogP contribution in [0.4, 0.5) is 0 Å². The lowest BCUT2D eigenvalue weighted by Gasteiger charge is -2.10. The molecule has 0 aliphatic rings. The summed E-state index contributed by atoms with van der Waals surface area (Å²) in [6.07, 6.45) is 0. The predicted molar refractivity (Wildman–Crippen MR) is 67.9 cm³/mol. The third-order valence-corrected chi connectivity index (χ3v) is 2.79. The molecule has 0 aromatic heterocycles. The number of ketones is 1. The van der Waals surface area contributed by atoms with Crippen LogP contribution in [0.25, 0.3) is 0 Å². The fourth-order valence-electron chi connectivity index (χ4n) is 1.44. The molecule has 88 valence electrons. The number of halogens is 1. The van der Waals surface area contributed by atoms with Gasteiger partial charge < -0.3 is 5.32 Å². The van der Waals surface area contributed by atoms with E-state index in [-0.39, 0.29) is 5.78 Å². The Labute approximate surface area is 102 Å². The molecule has 1 rings (SSSR count). The molecule has 0 fully saturated rings. The second kappa shape index (κ2) is 6.02. The van der Waals surface area contributed by atoms with E-state index in [2.05, 4.69) is 25.2 Å². The molecule has 3 heteroatoms. The van der Waals surface area contributed by atoms with E-state index in [0.717, 1.165) is 10.6 Å². The van der Waals surface area contributed by atoms with Crippen LogP contribution in [0.1, 0.15) is 37.8 Å². The Morgan fingerprint density at radius 1 is 1.44 bits per heavy atom. The van der Waals surface area contributed by atoms with Crippen molar-refractivity contribution < 1.29 is 4.79 Å². The second-order valence-electron chi connectivity index (χ2n) is 4.31. The van der Waals surface area contributed by atoms with Crippen molar-refractivity contribution >= 4 is 17.4 Å². The first-order valence-corrected chi connectivity index (χ1v) is 5.87. The van der Waals surface area contributed by atoms with Crippen LogP contribution in [0.15, 0.2) is 18.2 Å². The first kappa shape index (κ1) is 13.2. The Kier molecular flexibility index (Phi) is 4.97. The van der Waals surface area contributed by atoms with Crippen LogP contribution in [0, 0.1) is 0 Å². The highest BCUT2D eigenvalue weighted by molar-refractivity contribution is 6.31. The van der Waals surface area contributed by atoms with Crippen LogP contribution in [0.5, 0.6) is 0 Å². The summed E-state index contributed by atoms with van der Waals surface area (Å²) in [5.74, 6) is 0.617. The van der Waals surface area contributed by atoms with Gasteiger partial charge in [-0.3, -0.25) is 4.79 Å². The molecule has 1 aromatic carbocycles. The van der Waals surface area contributed by atoms with E-state index in [1.807, 2.05) is 12.1 Å². The van der Waals surface area contributed by atoms with Gasteiger partial charge in [-0.25, -0.2) is 0 Å². The van der Waals surface area contributed by atoms with Gasteiger partial charge in [0.25, 0.3) is 0 Å². The highest BCUT2D eigenvalue weighted by Crippen LogP contribution is 2.22. The van der Waals surface area contributed by atoms with E-state index in [0.29, 0.717) is 19.0 Å². The Hall–Kier alpha value is -0.860. The molecule has 0 radical (unpaired) electrons. The zero-order chi connectivity index (χ0) is 12.1. The van der Waals surface area contributed by atoms with Crippen LogP contribution in [0.2, 0.25) is 5.02 Å². The van der Waals surface area contributed by atoms with Crippen molar-refractivity contribution in [3.05, 3.63) is 34.3 Å². The monoisotopic (exact) mass is 239 g/mol. The van der Waals surface area contributed by atoms with Gasteiger partial charge in [0.2, 0.25) is 0 Å². The fraction of sp³-hybridized carbons (Fsp3) is 0.462. The smallest absolute Gasteiger partial charge is 0.143 e. The zero-order valence-corrected chi connectivity index (χ0v) is 10.8. The molecule has 16 heavy (non-hydrogen) atoms. The average molecular weight is 240 g/mol. The maximum atomic E-state index is 10.8. The molecule has 0 aliphatic carbocycles. The van der Waals surface area contributed by atoms with Crippen molar-refractivity contribution in [2.45, 2.75) is 33.2 Å². The van der Waals surface area contributed by atoms with Crippen molar-refractivity contribution in [1.82, 2.24) is 5.32 Å². The van der Waals surface area contributed by atoms with Crippen molar-refractivity contribution in [2.24, 2.45) is 0 Å². The minimum Gasteiger partial charge on any atom is -0.306 e. The number of carbonyl (C=O) groups excluding carboxylic acids is 1. The van der Waals surface area contributed by atoms with Gasteiger partial charge in [-0.1, -0.05) is 37.6 Å². The molecule has 0 saturated carbocycles. The second-order valence-corrected chi connectivity index (χ2v) is 4.72. The van der Waals surface area contributed by atoms with Crippen LogP contribution in [-0.4, -0.2) is 12.3 Å². The van der Waals surface area contributed by atoms with Gasteiger partial charge in [0.05, 0.1) is 6.54 Å². The van der Waals surface area contributed by atoms with Crippen molar-refractivity contribution in [2.75, 3.05) is 6.54 Å². The van der Waals surface area contributed by atoms with Gasteiger partial charge in [0.15, 0.2) is 0 Å². The predicted octanol–water partition coefficient (Wildman–Crippen LogP) is 3.14. The van der Waals surface area contributed by atoms with E-state index in [1.54, 1.807) is 6.92 Å². The van der Waals surface area contributed by atoms with Gasteiger partial charge in [-0.05, 0) is 30.0 Å². The van der Waals surface area contributed by atoms with Crippen LogP contribution in [0.3, 0.4) is 0 Å². The van der Waals surface area contributed by atoms with E-state index in [4.69, 9.17) is 11.6 Å². The van der Waals surface area contributed by atoms with Crippen molar-refractivity contribution in [3.8, 4) is 0 Å². The van der Waals surface area contributed by atoms with Gasteiger partial charge in [-0.2, -0.15) is 0 Å². The number of benzene rings is 1. The molecule has 0 saturated heterocycles. The van der Waals surface area contributed by atoms with Crippen molar-refractivity contribution in [3.63, 3.8) is 0 Å². The standard InChI is InChI=1S/C13H18ClNO/c1-9(2)11-4-5-12(13(14)6-11)8-15-7-10(3)16/h4-6,9,15H,7-8H2,1-3H3.